The Morgan fingerprint density at radius 2 is 1.79 bits per heavy atom. The molecule has 0 atom stereocenters. The number of unbranched alkanes of at least 4 members (excludes halogenated alkanes) is 1. The monoisotopic (exact) mass is 204 g/mol. The molecule has 14 heavy (non-hydrogen) atoms. The topological polar surface area (TPSA) is 89.9 Å². The maximum atomic E-state index is 10.9. The first kappa shape index (κ1) is 12.9. The lowest BCUT2D eigenvalue weighted by atomic mass is 10.2. The molecular formula is C8H16N2O4. The summed E-state index contributed by atoms with van der Waals surface area (Å²) < 4.78 is 0. The number of nitrogens with one attached hydrogen (secondary N) is 1. The molecule has 0 heterocycles. The first-order chi connectivity index (χ1) is 6.57. The zero-order valence-electron chi connectivity index (χ0n) is 8.19. The molecule has 0 spiro atoms. The number of nitrogens with zero attached hydrogens (tertiary/aromatic N) is 1. The van der Waals surface area contributed by atoms with Crippen LogP contribution in [0.5, 0.6) is 0 Å². The summed E-state index contributed by atoms with van der Waals surface area (Å²) in [5.41, 5.74) is 0. The Hall–Kier alpha value is -1.14. The summed E-state index contributed by atoms with van der Waals surface area (Å²) in [6.07, 6.45) is 1.42. The molecule has 0 unspecified atom stereocenters. The number of hydrogen-bond donors (Lipinski definition) is 3. The van der Waals surface area contributed by atoms with Gasteiger partial charge in [0, 0.05) is 19.4 Å². The van der Waals surface area contributed by atoms with E-state index in [0.717, 1.165) is 0 Å². The summed E-state index contributed by atoms with van der Waals surface area (Å²) in [5, 5.41) is 18.7. The number of carbonyl (C=O) groups excluding carboxylic acids is 2. The molecule has 0 aromatic rings. The van der Waals surface area contributed by atoms with E-state index in [1.165, 1.54) is 0 Å². The fourth-order valence-electron chi connectivity index (χ4n) is 0.947. The van der Waals surface area contributed by atoms with Crippen LogP contribution in [0.3, 0.4) is 0 Å². The van der Waals surface area contributed by atoms with Crippen molar-refractivity contribution in [2.45, 2.75) is 32.6 Å². The highest BCUT2D eigenvalue weighted by Crippen LogP contribution is 2.01. The Bertz CT molecular complexity index is 194. The van der Waals surface area contributed by atoms with Gasteiger partial charge >= 0.3 is 0 Å². The van der Waals surface area contributed by atoms with E-state index in [0.29, 0.717) is 25.8 Å². The summed E-state index contributed by atoms with van der Waals surface area (Å²) >= 11 is 0. The van der Waals surface area contributed by atoms with Gasteiger partial charge in [-0.15, -0.1) is 0 Å². The number of hydrogen-bond acceptors (Lipinski definition) is 4. The van der Waals surface area contributed by atoms with E-state index in [9.17, 15) is 9.59 Å². The molecule has 6 nitrogen and oxygen atoms in total. The van der Waals surface area contributed by atoms with E-state index < -0.39 is 11.1 Å². The van der Waals surface area contributed by atoms with Crippen molar-refractivity contribution < 1.29 is 20.0 Å². The van der Waals surface area contributed by atoms with Gasteiger partial charge in [-0.2, -0.15) is 0 Å². The molecular weight excluding hydrogens is 188 g/mol. The zero-order valence-corrected chi connectivity index (χ0v) is 8.19. The van der Waals surface area contributed by atoms with Crippen LogP contribution >= 0.6 is 0 Å². The average molecular weight is 204 g/mol. The molecule has 0 aromatic heterocycles. The van der Waals surface area contributed by atoms with Crippen LogP contribution in [0.25, 0.3) is 0 Å². The molecule has 0 aliphatic heterocycles. The van der Waals surface area contributed by atoms with Crippen LogP contribution in [-0.2, 0) is 9.59 Å². The van der Waals surface area contributed by atoms with E-state index in [1.54, 1.807) is 0 Å². The molecule has 0 saturated heterocycles. The highest BCUT2D eigenvalue weighted by Gasteiger charge is 2.07. The molecule has 2 amide bonds. The minimum absolute atomic E-state index is 0.0341. The number of amides is 2. The van der Waals surface area contributed by atoms with Crippen molar-refractivity contribution in [2.24, 2.45) is 0 Å². The predicted molar refractivity (Wildman–Crippen MR) is 47.6 cm³/mol. The zero-order chi connectivity index (χ0) is 11.0. The minimum atomic E-state index is -0.763. The van der Waals surface area contributed by atoms with Gasteiger partial charge in [0.2, 0.25) is 5.91 Å². The summed E-state index contributed by atoms with van der Waals surface area (Å²) in [7, 11) is 0. The van der Waals surface area contributed by atoms with Gasteiger partial charge in [-0.1, -0.05) is 5.23 Å². The van der Waals surface area contributed by atoms with E-state index in [2.05, 4.69) is 5.32 Å². The van der Waals surface area contributed by atoms with Gasteiger partial charge in [-0.05, 0) is 19.8 Å². The minimum Gasteiger partial charge on any atom is -0.356 e. The number of hydroxylamine groups is 2. The Labute approximate surface area is 82.4 Å². The second-order valence-corrected chi connectivity index (χ2v) is 2.84. The smallest absolute Gasteiger partial charge is 0.273 e. The summed E-state index contributed by atoms with van der Waals surface area (Å²) in [5.74, 6) is -0.814. The Balaban J connectivity index is 3.38. The Morgan fingerprint density at radius 3 is 2.29 bits per heavy atom. The molecule has 0 radical (unpaired) electrons. The van der Waals surface area contributed by atoms with Crippen LogP contribution in [0.1, 0.15) is 32.6 Å². The van der Waals surface area contributed by atoms with Gasteiger partial charge in [0.05, 0.1) is 0 Å². The first-order valence-electron chi connectivity index (χ1n) is 4.55. The molecule has 0 aromatic carbocycles. The van der Waals surface area contributed by atoms with Gasteiger partial charge in [-0.3, -0.25) is 20.0 Å². The van der Waals surface area contributed by atoms with Crippen LogP contribution in [-0.4, -0.2) is 34.0 Å². The summed E-state index contributed by atoms with van der Waals surface area (Å²) in [6, 6.07) is 0. The molecule has 0 saturated carbocycles. The maximum absolute atomic E-state index is 10.9. The van der Waals surface area contributed by atoms with Crippen molar-refractivity contribution in [3.63, 3.8) is 0 Å². The van der Waals surface area contributed by atoms with Crippen molar-refractivity contribution in [1.82, 2.24) is 10.5 Å². The predicted octanol–water partition coefficient (Wildman–Crippen LogP) is 0.290. The van der Waals surface area contributed by atoms with Gasteiger partial charge in [-0.25, -0.2) is 0 Å². The van der Waals surface area contributed by atoms with Crippen molar-refractivity contribution >= 4 is 11.8 Å². The van der Waals surface area contributed by atoms with Crippen LogP contribution in [0.2, 0.25) is 0 Å². The molecule has 82 valence electrons. The maximum Gasteiger partial charge on any atom is 0.273 e. The SMILES string of the molecule is CCNC(=O)CCCCC(=O)N(O)O. The Morgan fingerprint density at radius 1 is 1.21 bits per heavy atom. The highest BCUT2D eigenvalue weighted by atomic mass is 16.8. The van der Waals surface area contributed by atoms with Gasteiger partial charge in [0.25, 0.3) is 5.91 Å². The van der Waals surface area contributed by atoms with Gasteiger partial charge in [0.15, 0.2) is 0 Å². The molecule has 0 aliphatic rings. The van der Waals surface area contributed by atoms with Crippen molar-refractivity contribution in [3.8, 4) is 0 Å². The lowest BCUT2D eigenvalue weighted by Crippen LogP contribution is -2.24. The highest BCUT2D eigenvalue weighted by molar-refractivity contribution is 5.76. The average Bonchev–Trinajstić information content (AvgIpc) is 2.12. The molecule has 3 N–H and O–H groups in total. The van der Waals surface area contributed by atoms with E-state index in [4.69, 9.17) is 10.4 Å². The number of carbonyl (C=O) groups is 2. The number of rotatable bonds is 6. The quantitative estimate of drug-likeness (QED) is 0.329. The first-order valence-corrected chi connectivity index (χ1v) is 4.55. The van der Waals surface area contributed by atoms with Crippen molar-refractivity contribution in [2.75, 3.05) is 6.54 Å². The van der Waals surface area contributed by atoms with Crippen LogP contribution in [0.4, 0.5) is 0 Å². The fraction of sp³-hybridized carbons (Fsp3) is 0.750. The van der Waals surface area contributed by atoms with Crippen molar-refractivity contribution in [3.05, 3.63) is 0 Å². The van der Waals surface area contributed by atoms with Crippen LogP contribution in [0, 0.1) is 0 Å². The van der Waals surface area contributed by atoms with Gasteiger partial charge in [0.1, 0.15) is 0 Å². The third-order valence-electron chi connectivity index (χ3n) is 1.64. The van der Waals surface area contributed by atoms with E-state index in [1.807, 2.05) is 6.92 Å². The molecule has 6 heteroatoms. The molecule has 0 bridgehead atoms. The lowest BCUT2D eigenvalue weighted by molar-refractivity contribution is -0.285. The van der Waals surface area contributed by atoms with E-state index in [-0.39, 0.29) is 12.3 Å². The third-order valence-corrected chi connectivity index (χ3v) is 1.64. The second-order valence-electron chi connectivity index (χ2n) is 2.84. The summed E-state index contributed by atoms with van der Waals surface area (Å²) in [4.78, 5) is 21.6. The van der Waals surface area contributed by atoms with Crippen LogP contribution in [0.15, 0.2) is 0 Å². The van der Waals surface area contributed by atoms with Gasteiger partial charge < -0.3 is 5.32 Å². The normalized spacial score (nSPS) is 9.64. The third kappa shape index (κ3) is 6.38. The van der Waals surface area contributed by atoms with Crippen LogP contribution < -0.4 is 5.32 Å². The van der Waals surface area contributed by atoms with Crippen molar-refractivity contribution in [1.29, 1.82) is 0 Å². The fourth-order valence-corrected chi connectivity index (χ4v) is 0.947. The lowest BCUT2D eigenvalue weighted by Gasteiger charge is -2.05. The second kappa shape index (κ2) is 7.28. The van der Waals surface area contributed by atoms with E-state index >= 15 is 0 Å². The molecule has 0 rings (SSSR count). The molecule has 0 fully saturated rings. The summed E-state index contributed by atoms with van der Waals surface area (Å²) in [6.45, 7) is 2.43. The Kier molecular flexibility index (Phi) is 6.69. The molecule has 0 aliphatic carbocycles. The largest absolute Gasteiger partial charge is 0.356 e. The standard InChI is InChI=1S/C8H16N2O4/c1-2-9-7(11)5-3-4-6-8(12)10(13)14/h13-14H,2-6H2,1H3,(H,9,11).